The molecule has 0 heterocycles. The Hall–Kier alpha value is -0.820. The molecular weight excluding hydrogens is 172 g/mol. The largest absolute Gasteiger partial charge is 0.385 e. The Labute approximate surface area is 86.8 Å². The van der Waals surface area contributed by atoms with Gasteiger partial charge in [0.15, 0.2) is 0 Å². The van der Waals surface area contributed by atoms with Crippen LogP contribution in [0.25, 0.3) is 0 Å². The predicted octanol–water partition coefficient (Wildman–Crippen LogP) is 3.17. The van der Waals surface area contributed by atoms with Gasteiger partial charge < -0.3 is 5.11 Å². The molecule has 0 amide bonds. The number of hydrogen-bond donors (Lipinski definition) is 1. The van der Waals surface area contributed by atoms with Crippen LogP contribution in [-0.4, -0.2) is 5.11 Å². The summed E-state index contributed by atoms with van der Waals surface area (Å²) >= 11 is 0. The zero-order chi connectivity index (χ0) is 10.9. The summed E-state index contributed by atoms with van der Waals surface area (Å²) in [6.45, 7) is 10.1. The van der Waals surface area contributed by atoms with Crippen molar-refractivity contribution in [3.8, 4) is 0 Å². The maximum Gasteiger partial charge on any atom is 0.0893 e. The monoisotopic (exact) mass is 192 g/mol. The van der Waals surface area contributed by atoms with Gasteiger partial charge in [0.05, 0.1) is 5.60 Å². The lowest BCUT2D eigenvalue weighted by Gasteiger charge is -2.30. The van der Waals surface area contributed by atoms with Crippen LogP contribution in [0.2, 0.25) is 0 Å². The molecule has 0 saturated carbocycles. The molecule has 0 aliphatic rings. The third kappa shape index (κ3) is 1.98. The molecular formula is C13H20O. The van der Waals surface area contributed by atoms with Crippen LogP contribution in [0.5, 0.6) is 0 Å². The van der Waals surface area contributed by atoms with Crippen molar-refractivity contribution in [2.45, 2.75) is 40.2 Å². The van der Waals surface area contributed by atoms with Crippen molar-refractivity contribution in [2.75, 3.05) is 0 Å². The standard InChI is InChI=1S/C13H20O/c1-9(2)13(5,14)12-8-10(3)6-7-11(12)4/h6-9,14H,1-5H3/t13-/m0/s1. The molecule has 0 fully saturated rings. The number of rotatable bonds is 2. The lowest BCUT2D eigenvalue weighted by Crippen LogP contribution is -2.29. The van der Waals surface area contributed by atoms with Crippen molar-refractivity contribution in [2.24, 2.45) is 5.92 Å². The van der Waals surface area contributed by atoms with Gasteiger partial charge in [-0.25, -0.2) is 0 Å². The summed E-state index contributed by atoms with van der Waals surface area (Å²) in [6, 6.07) is 6.23. The second kappa shape index (κ2) is 3.74. The van der Waals surface area contributed by atoms with E-state index in [1.54, 1.807) is 0 Å². The van der Waals surface area contributed by atoms with E-state index in [1.807, 2.05) is 27.7 Å². The van der Waals surface area contributed by atoms with Crippen molar-refractivity contribution in [1.29, 1.82) is 0 Å². The average molecular weight is 192 g/mol. The highest BCUT2D eigenvalue weighted by atomic mass is 16.3. The first-order valence-corrected chi connectivity index (χ1v) is 5.16. The molecule has 0 saturated heterocycles. The molecule has 0 aliphatic carbocycles. The van der Waals surface area contributed by atoms with Gasteiger partial charge in [-0.05, 0) is 37.8 Å². The molecule has 1 atom stereocenters. The summed E-state index contributed by atoms with van der Waals surface area (Å²) in [5, 5.41) is 10.4. The van der Waals surface area contributed by atoms with Crippen LogP contribution >= 0.6 is 0 Å². The quantitative estimate of drug-likeness (QED) is 0.763. The Bertz CT molecular complexity index is 324. The normalized spacial score (nSPS) is 15.6. The minimum Gasteiger partial charge on any atom is -0.385 e. The predicted molar refractivity (Wildman–Crippen MR) is 60.3 cm³/mol. The molecule has 0 aromatic heterocycles. The lowest BCUT2D eigenvalue weighted by molar-refractivity contribution is 0.00842. The molecule has 0 aliphatic heterocycles. The van der Waals surface area contributed by atoms with E-state index in [1.165, 1.54) is 5.56 Å². The van der Waals surface area contributed by atoms with Gasteiger partial charge in [-0.3, -0.25) is 0 Å². The lowest BCUT2D eigenvalue weighted by atomic mass is 9.82. The van der Waals surface area contributed by atoms with Gasteiger partial charge in [-0.1, -0.05) is 37.6 Å². The van der Waals surface area contributed by atoms with Gasteiger partial charge in [0, 0.05) is 0 Å². The van der Waals surface area contributed by atoms with Gasteiger partial charge >= 0.3 is 0 Å². The van der Waals surface area contributed by atoms with E-state index >= 15 is 0 Å². The van der Waals surface area contributed by atoms with Gasteiger partial charge in [-0.2, -0.15) is 0 Å². The molecule has 0 unspecified atom stereocenters. The summed E-state index contributed by atoms with van der Waals surface area (Å²) in [5.74, 6) is 0.225. The fraction of sp³-hybridized carbons (Fsp3) is 0.538. The van der Waals surface area contributed by atoms with E-state index in [4.69, 9.17) is 0 Å². The number of benzene rings is 1. The minimum absolute atomic E-state index is 0.225. The summed E-state index contributed by atoms with van der Waals surface area (Å²) in [6.07, 6.45) is 0. The highest BCUT2D eigenvalue weighted by Gasteiger charge is 2.28. The van der Waals surface area contributed by atoms with E-state index in [-0.39, 0.29) is 5.92 Å². The molecule has 1 N–H and O–H groups in total. The second-order valence-electron chi connectivity index (χ2n) is 4.62. The molecule has 1 aromatic rings. The van der Waals surface area contributed by atoms with Crippen molar-refractivity contribution >= 4 is 0 Å². The summed E-state index contributed by atoms with van der Waals surface area (Å²) in [7, 11) is 0. The Morgan fingerprint density at radius 1 is 1.21 bits per heavy atom. The van der Waals surface area contributed by atoms with E-state index in [9.17, 15) is 5.11 Å². The SMILES string of the molecule is Cc1ccc(C)c([C@@](C)(O)C(C)C)c1. The molecule has 0 bridgehead atoms. The van der Waals surface area contributed by atoms with Gasteiger partial charge in [0.1, 0.15) is 0 Å². The molecule has 78 valence electrons. The van der Waals surface area contributed by atoms with Crippen LogP contribution in [0.1, 0.15) is 37.5 Å². The Kier molecular flexibility index (Phi) is 3.01. The maximum absolute atomic E-state index is 10.4. The van der Waals surface area contributed by atoms with Crippen molar-refractivity contribution in [3.63, 3.8) is 0 Å². The number of aryl methyl sites for hydroxylation is 2. The van der Waals surface area contributed by atoms with E-state index in [2.05, 4.69) is 25.1 Å². The van der Waals surface area contributed by atoms with Gasteiger partial charge in [-0.15, -0.1) is 0 Å². The highest BCUT2D eigenvalue weighted by Crippen LogP contribution is 2.31. The summed E-state index contributed by atoms with van der Waals surface area (Å²) < 4.78 is 0. The van der Waals surface area contributed by atoms with Crippen LogP contribution in [0.3, 0.4) is 0 Å². The fourth-order valence-electron chi connectivity index (χ4n) is 1.59. The maximum atomic E-state index is 10.4. The number of hydrogen-bond acceptors (Lipinski definition) is 1. The number of aliphatic hydroxyl groups is 1. The van der Waals surface area contributed by atoms with Crippen LogP contribution in [0.15, 0.2) is 18.2 Å². The summed E-state index contributed by atoms with van der Waals surface area (Å²) in [4.78, 5) is 0. The Balaban J connectivity index is 3.24. The van der Waals surface area contributed by atoms with E-state index < -0.39 is 5.60 Å². The summed E-state index contributed by atoms with van der Waals surface area (Å²) in [5.41, 5.74) is 2.68. The highest BCUT2D eigenvalue weighted by molar-refractivity contribution is 5.34. The van der Waals surface area contributed by atoms with Crippen LogP contribution in [0.4, 0.5) is 0 Å². The smallest absolute Gasteiger partial charge is 0.0893 e. The zero-order valence-electron chi connectivity index (χ0n) is 9.76. The zero-order valence-corrected chi connectivity index (χ0v) is 9.76. The fourth-order valence-corrected chi connectivity index (χ4v) is 1.59. The first kappa shape index (κ1) is 11.3. The van der Waals surface area contributed by atoms with Crippen molar-refractivity contribution in [1.82, 2.24) is 0 Å². The molecule has 14 heavy (non-hydrogen) atoms. The third-order valence-electron chi connectivity index (χ3n) is 3.06. The van der Waals surface area contributed by atoms with Crippen molar-refractivity contribution < 1.29 is 5.11 Å². The molecule has 1 heteroatoms. The average Bonchev–Trinajstić information content (AvgIpc) is 2.08. The van der Waals surface area contributed by atoms with Crippen LogP contribution < -0.4 is 0 Å². The Morgan fingerprint density at radius 2 is 1.79 bits per heavy atom. The first-order chi connectivity index (χ1) is 6.35. The molecule has 0 spiro atoms. The van der Waals surface area contributed by atoms with Gasteiger partial charge in [0.2, 0.25) is 0 Å². The van der Waals surface area contributed by atoms with Crippen molar-refractivity contribution in [3.05, 3.63) is 34.9 Å². The van der Waals surface area contributed by atoms with Gasteiger partial charge in [0.25, 0.3) is 0 Å². The van der Waals surface area contributed by atoms with Crippen LogP contribution in [-0.2, 0) is 5.60 Å². The second-order valence-corrected chi connectivity index (χ2v) is 4.62. The molecule has 1 nitrogen and oxygen atoms in total. The topological polar surface area (TPSA) is 20.2 Å². The van der Waals surface area contributed by atoms with E-state index in [0.717, 1.165) is 11.1 Å². The molecule has 1 aromatic carbocycles. The molecule has 0 radical (unpaired) electrons. The van der Waals surface area contributed by atoms with Crippen LogP contribution in [0, 0.1) is 19.8 Å². The minimum atomic E-state index is -0.726. The first-order valence-electron chi connectivity index (χ1n) is 5.16. The third-order valence-corrected chi connectivity index (χ3v) is 3.06. The molecule has 1 rings (SSSR count). The van der Waals surface area contributed by atoms with E-state index in [0.29, 0.717) is 0 Å². The Morgan fingerprint density at radius 3 is 2.29 bits per heavy atom.